The lowest BCUT2D eigenvalue weighted by molar-refractivity contribution is -0.132. The van der Waals surface area contributed by atoms with E-state index in [0.717, 1.165) is 0 Å². The molecule has 1 aliphatic rings. The van der Waals surface area contributed by atoms with Gasteiger partial charge >= 0.3 is 0 Å². The lowest BCUT2D eigenvalue weighted by atomic mass is 9.91. The highest BCUT2D eigenvalue weighted by atomic mass is 35.5. The number of carbonyl (C=O) groups is 1. The van der Waals surface area contributed by atoms with Crippen LogP contribution in [0.15, 0.2) is 29.2 Å². The average Bonchev–Trinajstić information content (AvgIpc) is 2.72. The van der Waals surface area contributed by atoms with Crippen molar-refractivity contribution in [2.45, 2.75) is 38.5 Å². The molecule has 0 atom stereocenters. The SMILES string of the molecule is CC(C)(C)CC(=O)N1CCCN(S(=O)(=O)c2ccc(Cl)cc2)CC1. The Labute approximate surface area is 149 Å². The van der Waals surface area contributed by atoms with Crippen molar-refractivity contribution in [2.24, 2.45) is 5.41 Å². The summed E-state index contributed by atoms with van der Waals surface area (Å²) < 4.78 is 26.9. The molecule has 24 heavy (non-hydrogen) atoms. The Morgan fingerprint density at radius 1 is 1.08 bits per heavy atom. The van der Waals surface area contributed by atoms with Crippen LogP contribution >= 0.6 is 11.6 Å². The molecule has 0 radical (unpaired) electrons. The highest BCUT2D eigenvalue weighted by Gasteiger charge is 2.29. The van der Waals surface area contributed by atoms with Crippen molar-refractivity contribution in [3.63, 3.8) is 0 Å². The monoisotopic (exact) mass is 372 g/mol. The highest BCUT2D eigenvalue weighted by molar-refractivity contribution is 7.89. The Morgan fingerprint density at radius 2 is 1.71 bits per heavy atom. The molecule has 0 spiro atoms. The van der Waals surface area contributed by atoms with E-state index in [1.807, 2.05) is 20.8 Å². The van der Waals surface area contributed by atoms with Crippen molar-refractivity contribution in [1.82, 2.24) is 9.21 Å². The predicted octanol–water partition coefficient (Wildman–Crippen LogP) is 3.00. The minimum absolute atomic E-state index is 0.0710. The summed E-state index contributed by atoms with van der Waals surface area (Å²) in [6.07, 6.45) is 1.11. The van der Waals surface area contributed by atoms with Crippen LogP contribution in [0.25, 0.3) is 0 Å². The van der Waals surface area contributed by atoms with Crippen LogP contribution in [-0.2, 0) is 14.8 Å². The van der Waals surface area contributed by atoms with E-state index in [1.165, 1.54) is 16.4 Å². The smallest absolute Gasteiger partial charge is 0.243 e. The summed E-state index contributed by atoms with van der Waals surface area (Å²) in [5, 5.41) is 0.503. The maximum atomic E-state index is 12.7. The molecule has 0 aromatic heterocycles. The number of rotatable bonds is 3. The molecule has 0 aliphatic carbocycles. The maximum absolute atomic E-state index is 12.7. The van der Waals surface area contributed by atoms with E-state index in [0.29, 0.717) is 44.0 Å². The molecule has 1 aromatic carbocycles. The number of hydrogen-bond donors (Lipinski definition) is 0. The zero-order chi connectivity index (χ0) is 18.0. The van der Waals surface area contributed by atoms with Gasteiger partial charge in [0, 0.05) is 37.6 Å². The van der Waals surface area contributed by atoms with Gasteiger partial charge in [-0.05, 0) is 36.1 Å². The van der Waals surface area contributed by atoms with Gasteiger partial charge in [-0.15, -0.1) is 0 Å². The van der Waals surface area contributed by atoms with Gasteiger partial charge in [0.15, 0.2) is 0 Å². The van der Waals surface area contributed by atoms with Crippen LogP contribution in [0.4, 0.5) is 0 Å². The molecule has 0 unspecified atom stereocenters. The Balaban J connectivity index is 2.07. The van der Waals surface area contributed by atoms with Crippen LogP contribution in [0.5, 0.6) is 0 Å². The first-order chi connectivity index (χ1) is 11.1. The van der Waals surface area contributed by atoms with E-state index in [-0.39, 0.29) is 16.2 Å². The normalized spacial score (nSPS) is 17.6. The second kappa shape index (κ2) is 7.42. The zero-order valence-electron chi connectivity index (χ0n) is 14.5. The van der Waals surface area contributed by atoms with Crippen molar-refractivity contribution < 1.29 is 13.2 Å². The lowest BCUT2D eigenvalue weighted by Gasteiger charge is -2.25. The molecule has 0 N–H and O–H groups in total. The number of halogens is 1. The van der Waals surface area contributed by atoms with Crippen molar-refractivity contribution >= 4 is 27.5 Å². The van der Waals surface area contributed by atoms with Gasteiger partial charge < -0.3 is 4.90 Å². The van der Waals surface area contributed by atoms with Gasteiger partial charge in [-0.1, -0.05) is 32.4 Å². The van der Waals surface area contributed by atoms with E-state index in [9.17, 15) is 13.2 Å². The molecule has 0 bridgehead atoms. The molecule has 1 aliphatic heterocycles. The summed E-state index contributed by atoms with van der Waals surface area (Å²) in [5.41, 5.74) is -0.0710. The fourth-order valence-electron chi connectivity index (χ4n) is 2.70. The summed E-state index contributed by atoms with van der Waals surface area (Å²) in [6, 6.07) is 6.19. The average molecular weight is 373 g/mol. The standard InChI is InChI=1S/C17H25ClN2O3S/c1-17(2,3)13-16(21)19-9-4-10-20(12-11-19)24(22,23)15-7-5-14(18)6-8-15/h5-8H,4,9-13H2,1-3H3. The van der Waals surface area contributed by atoms with Gasteiger partial charge in [0.2, 0.25) is 15.9 Å². The summed E-state index contributed by atoms with van der Waals surface area (Å²) >= 11 is 5.83. The molecule has 1 heterocycles. The summed E-state index contributed by atoms with van der Waals surface area (Å²) in [7, 11) is -3.55. The molecule has 1 aromatic rings. The molecule has 7 heteroatoms. The van der Waals surface area contributed by atoms with Crippen molar-refractivity contribution in [3.8, 4) is 0 Å². The van der Waals surface area contributed by atoms with Crippen molar-refractivity contribution in [1.29, 1.82) is 0 Å². The number of carbonyl (C=O) groups excluding carboxylic acids is 1. The number of sulfonamides is 1. The number of benzene rings is 1. The molecule has 5 nitrogen and oxygen atoms in total. The second-order valence-corrected chi connectivity index (χ2v) is 9.70. The van der Waals surface area contributed by atoms with Gasteiger partial charge in [0.1, 0.15) is 0 Å². The minimum Gasteiger partial charge on any atom is -0.341 e. The van der Waals surface area contributed by atoms with Gasteiger partial charge in [-0.25, -0.2) is 8.42 Å². The fourth-order valence-corrected chi connectivity index (χ4v) is 4.30. The fraction of sp³-hybridized carbons (Fsp3) is 0.588. The van der Waals surface area contributed by atoms with Crippen LogP contribution < -0.4 is 0 Å². The van der Waals surface area contributed by atoms with E-state index in [2.05, 4.69) is 0 Å². The summed E-state index contributed by atoms with van der Waals surface area (Å²) in [6.45, 7) is 7.86. The summed E-state index contributed by atoms with van der Waals surface area (Å²) in [5.74, 6) is 0.0910. The quantitative estimate of drug-likeness (QED) is 0.819. The van der Waals surface area contributed by atoms with Gasteiger partial charge in [-0.3, -0.25) is 4.79 Å². The first-order valence-corrected chi connectivity index (χ1v) is 9.95. The molecule has 134 valence electrons. The molecule has 1 fully saturated rings. The van der Waals surface area contributed by atoms with Crippen molar-refractivity contribution in [2.75, 3.05) is 26.2 Å². The second-order valence-electron chi connectivity index (χ2n) is 7.33. The first-order valence-electron chi connectivity index (χ1n) is 8.13. The highest BCUT2D eigenvalue weighted by Crippen LogP contribution is 2.22. The van der Waals surface area contributed by atoms with Gasteiger partial charge in [0.25, 0.3) is 0 Å². The third-order valence-electron chi connectivity index (χ3n) is 3.94. The lowest BCUT2D eigenvalue weighted by Crippen LogP contribution is -2.38. The Morgan fingerprint density at radius 3 is 2.29 bits per heavy atom. The molecule has 1 saturated heterocycles. The topological polar surface area (TPSA) is 57.7 Å². The Bertz CT molecular complexity index is 681. The minimum atomic E-state index is -3.55. The zero-order valence-corrected chi connectivity index (χ0v) is 16.0. The molecular weight excluding hydrogens is 348 g/mol. The molecule has 1 amide bonds. The molecule has 0 saturated carbocycles. The number of hydrogen-bond acceptors (Lipinski definition) is 3. The predicted molar refractivity (Wildman–Crippen MR) is 95.5 cm³/mol. The van der Waals surface area contributed by atoms with Crippen molar-refractivity contribution in [3.05, 3.63) is 29.3 Å². The Hall–Kier alpha value is -1.11. The van der Waals surface area contributed by atoms with Crippen LogP contribution in [0.2, 0.25) is 5.02 Å². The number of nitrogens with zero attached hydrogens (tertiary/aromatic N) is 2. The summed E-state index contributed by atoms with van der Waals surface area (Å²) in [4.78, 5) is 14.4. The van der Waals surface area contributed by atoms with Gasteiger partial charge in [-0.2, -0.15) is 4.31 Å². The Kier molecular flexibility index (Phi) is 5.94. The molecular formula is C17H25ClN2O3S. The van der Waals surface area contributed by atoms with E-state index in [4.69, 9.17) is 11.6 Å². The molecule has 2 rings (SSSR count). The first kappa shape index (κ1) is 19.2. The van der Waals surface area contributed by atoms with E-state index >= 15 is 0 Å². The van der Waals surface area contributed by atoms with E-state index < -0.39 is 10.0 Å². The van der Waals surface area contributed by atoms with E-state index in [1.54, 1.807) is 17.0 Å². The van der Waals surface area contributed by atoms with Crippen LogP contribution in [0.1, 0.15) is 33.6 Å². The third kappa shape index (κ3) is 4.94. The third-order valence-corrected chi connectivity index (χ3v) is 6.11. The van der Waals surface area contributed by atoms with Gasteiger partial charge in [0.05, 0.1) is 4.90 Å². The van der Waals surface area contributed by atoms with Crippen LogP contribution in [-0.4, -0.2) is 49.7 Å². The maximum Gasteiger partial charge on any atom is 0.243 e. The number of amides is 1. The van der Waals surface area contributed by atoms with Crippen LogP contribution in [0.3, 0.4) is 0 Å². The largest absolute Gasteiger partial charge is 0.341 e. The van der Waals surface area contributed by atoms with Crippen LogP contribution in [0, 0.1) is 5.41 Å².